The first-order chi connectivity index (χ1) is 8.50. The third kappa shape index (κ3) is 2.70. The molecule has 0 aromatic carbocycles. The number of nitrogens with one attached hydrogen (secondary N) is 1. The van der Waals surface area contributed by atoms with E-state index in [0.717, 1.165) is 12.8 Å². The Morgan fingerprint density at radius 3 is 2.44 bits per heavy atom. The molecule has 0 saturated heterocycles. The zero-order chi connectivity index (χ0) is 13.2. The summed E-state index contributed by atoms with van der Waals surface area (Å²) >= 11 is 0. The lowest BCUT2D eigenvalue weighted by Crippen LogP contribution is -2.22. The monoisotopic (exact) mass is 267 g/mol. The SMILES string of the molecule is CN(C)S(=O)(=O)c1ccc(NC2CC=CC2)nc1. The lowest BCUT2D eigenvalue weighted by atomic mass is 10.2. The lowest BCUT2D eigenvalue weighted by Gasteiger charge is -2.14. The van der Waals surface area contributed by atoms with Gasteiger partial charge in [0.25, 0.3) is 0 Å². The van der Waals surface area contributed by atoms with Crippen LogP contribution < -0.4 is 5.32 Å². The highest BCUT2D eigenvalue weighted by Crippen LogP contribution is 2.17. The van der Waals surface area contributed by atoms with Crippen LogP contribution >= 0.6 is 0 Å². The molecule has 2 rings (SSSR count). The van der Waals surface area contributed by atoms with Gasteiger partial charge in [-0.05, 0) is 25.0 Å². The molecule has 0 radical (unpaired) electrons. The van der Waals surface area contributed by atoms with E-state index in [0.29, 0.717) is 11.9 Å². The molecule has 1 heterocycles. The molecule has 6 heteroatoms. The van der Waals surface area contributed by atoms with Gasteiger partial charge in [-0.25, -0.2) is 17.7 Å². The molecule has 1 aliphatic carbocycles. The maximum absolute atomic E-state index is 11.8. The molecule has 0 bridgehead atoms. The minimum Gasteiger partial charge on any atom is -0.367 e. The first kappa shape index (κ1) is 13.0. The molecule has 98 valence electrons. The van der Waals surface area contributed by atoms with Crippen molar-refractivity contribution in [1.82, 2.24) is 9.29 Å². The van der Waals surface area contributed by atoms with Gasteiger partial charge in [-0.1, -0.05) is 12.2 Å². The first-order valence-electron chi connectivity index (χ1n) is 5.80. The van der Waals surface area contributed by atoms with Crippen molar-refractivity contribution in [2.45, 2.75) is 23.8 Å². The molecule has 0 unspecified atom stereocenters. The molecule has 0 atom stereocenters. The van der Waals surface area contributed by atoms with Crippen LogP contribution in [0.25, 0.3) is 0 Å². The number of anilines is 1. The summed E-state index contributed by atoms with van der Waals surface area (Å²) in [7, 11) is -0.379. The van der Waals surface area contributed by atoms with Crippen molar-refractivity contribution in [2.75, 3.05) is 19.4 Å². The summed E-state index contributed by atoms with van der Waals surface area (Å²) in [5.74, 6) is 0.710. The van der Waals surface area contributed by atoms with E-state index in [-0.39, 0.29) is 4.90 Å². The molecule has 1 aliphatic rings. The summed E-state index contributed by atoms with van der Waals surface area (Å²) in [6.45, 7) is 0. The number of pyridine rings is 1. The predicted octanol–water partition coefficient (Wildman–Crippen LogP) is 1.46. The predicted molar refractivity (Wildman–Crippen MR) is 70.9 cm³/mol. The molecule has 0 amide bonds. The summed E-state index contributed by atoms with van der Waals surface area (Å²) in [5.41, 5.74) is 0. The standard InChI is InChI=1S/C12H17N3O2S/c1-15(2)18(16,17)11-7-8-12(13-9-11)14-10-5-3-4-6-10/h3-4,7-10H,5-6H2,1-2H3,(H,13,14). The molecule has 1 aromatic heterocycles. The molecule has 5 nitrogen and oxygen atoms in total. The van der Waals surface area contributed by atoms with Crippen LogP contribution in [0.2, 0.25) is 0 Å². The molecular weight excluding hydrogens is 250 g/mol. The summed E-state index contributed by atoms with van der Waals surface area (Å²) in [4.78, 5) is 4.36. The second-order valence-corrected chi connectivity index (χ2v) is 6.60. The highest BCUT2D eigenvalue weighted by Gasteiger charge is 2.17. The van der Waals surface area contributed by atoms with E-state index in [4.69, 9.17) is 0 Å². The van der Waals surface area contributed by atoms with Crippen molar-refractivity contribution < 1.29 is 8.42 Å². The van der Waals surface area contributed by atoms with E-state index in [1.807, 2.05) is 0 Å². The number of nitrogens with zero attached hydrogens (tertiary/aromatic N) is 2. The molecule has 1 N–H and O–H groups in total. The van der Waals surface area contributed by atoms with Crippen molar-refractivity contribution in [3.8, 4) is 0 Å². The molecule has 18 heavy (non-hydrogen) atoms. The molecule has 1 aromatic rings. The lowest BCUT2D eigenvalue weighted by molar-refractivity contribution is 0.520. The maximum atomic E-state index is 11.8. The Morgan fingerprint density at radius 2 is 1.94 bits per heavy atom. The Labute approximate surface area is 108 Å². The van der Waals surface area contributed by atoms with Gasteiger partial charge >= 0.3 is 0 Å². The zero-order valence-electron chi connectivity index (χ0n) is 10.5. The Bertz CT molecular complexity index is 527. The Morgan fingerprint density at radius 1 is 1.28 bits per heavy atom. The van der Waals surface area contributed by atoms with Crippen LogP contribution in [0.5, 0.6) is 0 Å². The van der Waals surface area contributed by atoms with Gasteiger partial charge in [-0.3, -0.25) is 0 Å². The second kappa shape index (κ2) is 5.07. The van der Waals surface area contributed by atoms with Gasteiger partial charge < -0.3 is 5.32 Å². The van der Waals surface area contributed by atoms with E-state index in [9.17, 15) is 8.42 Å². The minimum absolute atomic E-state index is 0.211. The largest absolute Gasteiger partial charge is 0.367 e. The second-order valence-electron chi connectivity index (χ2n) is 4.45. The Kier molecular flexibility index (Phi) is 3.68. The zero-order valence-corrected chi connectivity index (χ0v) is 11.3. The van der Waals surface area contributed by atoms with Gasteiger partial charge in [0.05, 0.1) is 0 Å². The van der Waals surface area contributed by atoms with E-state index in [2.05, 4.69) is 22.5 Å². The summed E-state index contributed by atoms with van der Waals surface area (Å²) < 4.78 is 24.9. The highest BCUT2D eigenvalue weighted by atomic mass is 32.2. The van der Waals surface area contributed by atoms with Crippen LogP contribution in [0.4, 0.5) is 5.82 Å². The molecular formula is C12H17N3O2S. The van der Waals surface area contributed by atoms with E-state index in [1.165, 1.54) is 24.6 Å². The average Bonchev–Trinajstić information content (AvgIpc) is 2.82. The smallest absolute Gasteiger partial charge is 0.244 e. The fraction of sp³-hybridized carbons (Fsp3) is 0.417. The minimum atomic E-state index is -3.39. The van der Waals surface area contributed by atoms with Crippen LogP contribution in [-0.4, -0.2) is 37.8 Å². The number of rotatable bonds is 4. The fourth-order valence-electron chi connectivity index (χ4n) is 1.77. The quantitative estimate of drug-likeness (QED) is 0.839. The van der Waals surface area contributed by atoms with Crippen LogP contribution in [0.3, 0.4) is 0 Å². The van der Waals surface area contributed by atoms with Gasteiger partial charge in [-0.2, -0.15) is 0 Å². The average molecular weight is 267 g/mol. The fourth-order valence-corrected chi connectivity index (χ4v) is 2.62. The van der Waals surface area contributed by atoms with Crippen molar-refractivity contribution in [3.05, 3.63) is 30.5 Å². The highest BCUT2D eigenvalue weighted by molar-refractivity contribution is 7.89. The normalized spacial score (nSPS) is 16.4. The van der Waals surface area contributed by atoms with Crippen LogP contribution in [0, 0.1) is 0 Å². The molecule has 0 aliphatic heterocycles. The summed E-state index contributed by atoms with van der Waals surface area (Å²) in [5, 5.41) is 3.27. The van der Waals surface area contributed by atoms with Gasteiger partial charge in [0.15, 0.2) is 0 Å². The first-order valence-corrected chi connectivity index (χ1v) is 7.24. The number of hydrogen-bond donors (Lipinski definition) is 1. The number of sulfonamides is 1. The Hall–Kier alpha value is -1.40. The summed E-state index contributed by atoms with van der Waals surface area (Å²) in [6, 6.07) is 3.65. The van der Waals surface area contributed by atoms with Crippen molar-refractivity contribution in [3.63, 3.8) is 0 Å². The maximum Gasteiger partial charge on any atom is 0.244 e. The van der Waals surface area contributed by atoms with Crippen molar-refractivity contribution >= 4 is 15.8 Å². The van der Waals surface area contributed by atoms with Crippen LogP contribution in [0.15, 0.2) is 35.4 Å². The molecule has 0 fully saturated rings. The van der Waals surface area contributed by atoms with Gasteiger partial charge in [0, 0.05) is 26.3 Å². The number of hydrogen-bond acceptors (Lipinski definition) is 4. The topological polar surface area (TPSA) is 62.3 Å². The molecule has 0 spiro atoms. The van der Waals surface area contributed by atoms with E-state index < -0.39 is 10.0 Å². The third-order valence-electron chi connectivity index (χ3n) is 2.87. The van der Waals surface area contributed by atoms with Crippen molar-refractivity contribution in [2.24, 2.45) is 0 Å². The molecule has 0 saturated carbocycles. The Balaban J connectivity index is 2.10. The van der Waals surface area contributed by atoms with E-state index in [1.54, 1.807) is 12.1 Å². The van der Waals surface area contributed by atoms with Crippen molar-refractivity contribution in [1.29, 1.82) is 0 Å². The van der Waals surface area contributed by atoms with Gasteiger partial charge in [0.2, 0.25) is 10.0 Å². The van der Waals surface area contributed by atoms with Crippen LogP contribution in [-0.2, 0) is 10.0 Å². The summed E-state index contributed by atoms with van der Waals surface area (Å²) in [6.07, 6.45) is 7.62. The third-order valence-corrected chi connectivity index (χ3v) is 4.67. The van der Waals surface area contributed by atoms with E-state index >= 15 is 0 Å². The van der Waals surface area contributed by atoms with Gasteiger partial charge in [-0.15, -0.1) is 0 Å². The van der Waals surface area contributed by atoms with Crippen LogP contribution in [0.1, 0.15) is 12.8 Å². The number of aromatic nitrogens is 1. The van der Waals surface area contributed by atoms with Gasteiger partial charge in [0.1, 0.15) is 10.7 Å².